The second kappa shape index (κ2) is 3.49. The van der Waals surface area contributed by atoms with Gasteiger partial charge < -0.3 is 0 Å². The molecule has 0 fully saturated rings. The Labute approximate surface area is 70.9 Å². The largest absolute Gasteiger partial charge is 0.241 e. The van der Waals surface area contributed by atoms with Gasteiger partial charge in [0.15, 0.2) is 0 Å². The second-order valence-corrected chi connectivity index (χ2v) is 2.52. The zero-order valence-corrected chi connectivity index (χ0v) is 7.26. The van der Waals surface area contributed by atoms with E-state index in [0.29, 0.717) is 5.15 Å². The summed E-state index contributed by atoms with van der Waals surface area (Å²) >= 11 is 5.81. The van der Waals surface area contributed by atoms with Gasteiger partial charge in [-0.15, -0.1) is 0 Å². The zero-order valence-electron chi connectivity index (χ0n) is 6.50. The summed E-state index contributed by atoms with van der Waals surface area (Å²) in [6, 6.07) is 0. The number of allylic oxidation sites excluding steroid dienone is 1. The van der Waals surface area contributed by atoms with Crippen molar-refractivity contribution < 1.29 is 0 Å². The van der Waals surface area contributed by atoms with E-state index in [1.807, 2.05) is 26.0 Å². The molecule has 1 rings (SSSR count). The van der Waals surface area contributed by atoms with Gasteiger partial charge in [-0.05, 0) is 13.8 Å². The lowest BCUT2D eigenvalue weighted by Gasteiger charge is -1.98. The minimum Gasteiger partial charge on any atom is -0.241 e. The van der Waals surface area contributed by atoms with E-state index in [2.05, 4.69) is 9.97 Å². The highest BCUT2D eigenvalue weighted by Crippen LogP contribution is 2.15. The van der Waals surface area contributed by atoms with Crippen LogP contribution in [0.5, 0.6) is 0 Å². The van der Waals surface area contributed by atoms with Crippen LogP contribution in [0.1, 0.15) is 18.2 Å². The van der Waals surface area contributed by atoms with Crippen molar-refractivity contribution in [2.45, 2.75) is 13.8 Å². The highest BCUT2D eigenvalue weighted by Gasteiger charge is 2.00. The molecule has 0 bridgehead atoms. The fourth-order valence-electron chi connectivity index (χ4n) is 0.811. The Morgan fingerprint density at radius 3 is 2.73 bits per heavy atom. The van der Waals surface area contributed by atoms with Crippen molar-refractivity contribution >= 4 is 17.7 Å². The van der Waals surface area contributed by atoms with Gasteiger partial charge in [-0.25, -0.2) is 9.97 Å². The predicted molar refractivity (Wildman–Crippen MR) is 46.5 cm³/mol. The summed E-state index contributed by atoms with van der Waals surface area (Å²) < 4.78 is 0. The minimum absolute atomic E-state index is 0.510. The van der Waals surface area contributed by atoms with Crippen LogP contribution in [-0.4, -0.2) is 9.97 Å². The maximum atomic E-state index is 5.81. The average molecular weight is 169 g/mol. The lowest BCUT2D eigenvalue weighted by Crippen LogP contribution is -1.89. The van der Waals surface area contributed by atoms with Gasteiger partial charge in [0, 0.05) is 11.3 Å². The van der Waals surface area contributed by atoms with Crippen molar-refractivity contribution in [3.8, 4) is 0 Å². The molecule has 1 aromatic rings. The van der Waals surface area contributed by atoms with Crippen LogP contribution in [0.25, 0.3) is 6.08 Å². The van der Waals surface area contributed by atoms with Gasteiger partial charge in [-0.1, -0.05) is 23.8 Å². The maximum absolute atomic E-state index is 5.81. The van der Waals surface area contributed by atoms with E-state index in [4.69, 9.17) is 11.6 Å². The first-order chi connectivity index (χ1) is 5.25. The predicted octanol–water partition coefficient (Wildman–Crippen LogP) is 2.47. The van der Waals surface area contributed by atoms with Gasteiger partial charge in [-0.3, -0.25) is 0 Å². The third-order valence-electron chi connectivity index (χ3n) is 1.37. The summed E-state index contributed by atoms with van der Waals surface area (Å²) in [5.41, 5.74) is 1.81. The fourth-order valence-corrected chi connectivity index (χ4v) is 1.05. The highest BCUT2D eigenvalue weighted by atomic mass is 35.5. The number of rotatable bonds is 1. The van der Waals surface area contributed by atoms with Crippen LogP contribution in [-0.2, 0) is 0 Å². The van der Waals surface area contributed by atoms with E-state index < -0.39 is 0 Å². The Morgan fingerprint density at radius 2 is 2.18 bits per heavy atom. The third kappa shape index (κ3) is 1.77. The van der Waals surface area contributed by atoms with Crippen LogP contribution >= 0.6 is 11.6 Å². The molecule has 58 valence electrons. The molecule has 0 unspecified atom stereocenters. The molecule has 0 N–H and O–H groups in total. The first-order valence-electron chi connectivity index (χ1n) is 3.35. The van der Waals surface area contributed by atoms with E-state index in [0.717, 1.165) is 11.3 Å². The number of hydrogen-bond donors (Lipinski definition) is 0. The van der Waals surface area contributed by atoms with Crippen LogP contribution in [0.4, 0.5) is 0 Å². The van der Waals surface area contributed by atoms with Crippen molar-refractivity contribution in [1.82, 2.24) is 9.97 Å². The van der Waals surface area contributed by atoms with Gasteiger partial charge in [0.2, 0.25) is 0 Å². The van der Waals surface area contributed by atoms with Crippen molar-refractivity contribution in [3.63, 3.8) is 0 Å². The molecule has 0 radical (unpaired) electrons. The van der Waals surface area contributed by atoms with E-state index in [1.54, 1.807) is 0 Å². The normalized spacial score (nSPS) is 10.8. The van der Waals surface area contributed by atoms with Crippen molar-refractivity contribution in [3.05, 3.63) is 28.8 Å². The Morgan fingerprint density at radius 1 is 1.45 bits per heavy atom. The van der Waals surface area contributed by atoms with Gasteiger partial charge in [0.25, 0.3) is 0 Å². The minimum atomic E-state index is 0.510. The standard InChI is InChI=1S/C8H9ClN2/c1-3-4-7-6(2)10-5-11-8(7)9/h3-5H,1-2H3/b4-3-. The monoisotopic (exact) mass is 168 g/mol. The first kappa shape index (κ1) is 8.21. The Balaban J connectivity index is 3.20. The fraction of sp³-hybridized carbons (Fsp3) is 0.250. The van der Waals surface area contributed by atoms with Crippen LogP contribution < -0.4 is 0 Å². The molecule has 2 nitrogen and oxygen atoms in total. The molecule has 0 aliphatic carbocycles. The molecule has 0 spiro atoms. The molecule has 1 heterocycles. The quantitative estimate of drug-likeness (QED) is 0.602. The van der Waals surface area contributed by atoms with Crippen molar-refractivity contribution in [2.75, 3.05) is 0 Å². The SMILES string of the molecule is C/C=C\c1c(C)ncnc1Cl. The molecular weight excluding hydrogens is 160 g/mol. The topological polar surface area (TPSA) is 25.8 Å². The van der Waals surface area contributed by atoms with E-state index in [-0.39, 0.29) is 0 Å². The van der Waals surface area contributed by atoms with Gasteiger partial charge in [0.1, 0.15) is 11.5 Å². The summed E-state index contributed by atoms with van der Waals surface area (Å²) in [5, 5.41) is 0.510. The summed E-state index contributed by atoms with van der Waals surface area (Å²) in [6.07, 6.45) is 5.28. The van der Waals surface area contributed by atoms with Gasteiger partial charge in [0.05, 0.1) is 0 Å². The molecule has 1 aromatic heterocycles. The molecule has 11 heavy (non-hydrogen) atoms. The maximum Gasteiger partial charge on any atom is 0.139 e. The lowest BCUT2D eigenvalue weighted by molar-refractivity contribution is 1.09. The number of nitrogens with zero attached hydrogens (tertiary/aromatic N) is 2. The number of hydrogen-bond acceptors (Lipinski definition) is 2. The lowest BCUT2D eigenvalue weighted by atomic mass is 10.2. The van der Waals surface area contributed by atoms with E-state index in [1.165, 1.54) is 6.33 Å². The summed E-state index contributed by atoms with van der Waals surface area (Å²) in [7, 11) is 0. The summed E-state index contributed by atoms with van der Waals surface area (Å²) in [5.74, 6) is 0. The number of aromatic nitrogens is 2. The number of halogens is 1. The highest BCUT2D eigenvalue weighted by molar-refractivity contribution is 6.30. The van der Waals surface area contributed by atoms with Gasteiger partial charge in [-0.2, -0.15) is 0 Å². The molecule has 0 saturated heterocycles. The Kier molecular flexibility index (Phi) is 2.60. The zero-order chi connectivity index (χ0) is 8.27. The molecule has 0 aromatic carbocycles. The van der Waals surface area contributed by atoms with Crippen LogP contribution in [0.3, 0.4) is 0 Å². The van der Waals surface area contributed by atoms with E-state index >= 15 is 0 Å². The molecule has 3 heteroatoms. The molecule has 0 aliphatic heterocycles. The van der Waals surface area contributed by atoms with Crippen LogP contribution in [0, 0.1) is 6.92 Å². The molecule has 0 aliphatic rings. The smallest absolute Gasteiger partial charge is 0.139 e. The Hall–Kier alpha value is -0.890. The van der Waals surface area contributed by atoms with Crippen LogP contribution in [0.2, 0.25) is 5.15 Å². The summed E-state index contributed by atoms with van der Waals surface area (Å²) in [6.45, 7) is 3.84. The van der Waals surface area contributed by atoms with Crippen LogP contribution in [0.15, 0.2) is 12.4 Å². The molecular formula is C8H9ClN2. The molecule has 0 amide bonds. The van der Waals surface area contributed by atoms with Crippen molar-refractivity contribution in [1.29, 1.82) is 0 Å². The average Bonchev–Trinajstić information content (AvgIpc) is 1.97. The molecule has 0 saturated carbocycles. The number of aryl methyl sites for hydroxylation is 1. The van der Waals surface area contributed by atoms with Gasteiger partial charge >= 0.3 is 0 Å². The molecule has 0 atom stereocenters. The summed E-state index contributed by atoms with van der Waals surface area (Å²) in [4.78, 5) is 7.87. The van der Waals surface area contributed by atoms with Crippen molar-refractivity contribution in [2.24, 2.45) is 0 Å². The second-order valence-electron chi connectivity index (χ2n) is 2.16. The Bertz CT molecular complexity index is 261. The first-order valence-corrected chi connectivity index (χ1v) is 3.73. The van der Waals surface area contributed by atoms with E-state index in [9.17, 15) is 0 Å². The third-order valence-corrected chi connectivity index (χ3v) is 1.67.